The molecule has 0 radical (unpaired) electrons. The Morgan fingerprint density at radius 2 is 2.40 bits per heavy atom. The highest BCUT2D eigenvalue weighted by Crippen LogP contribution is 1.89. The lowest BCUT2D eigenvalue weighted by atomic mass is 10.6. The molecule has 0 fully saturated rings. The molecule has 0 aromatic carbocycles. The zero-order valence-corrected chi connectivity index (χ0v) is 7.16. The molecule has 3 nitrogen and oxygen atoms in total. The first-order valence-electron chi connectivity index (χ1n) is 3.08. The van der Waals surface area contributed by atoms with Gasteiger partial charge in [-0.15, -0.1) is 11.8 Å². The topological polar surface area (TPSA) is 38.3 Å². The summed E-state index contributed by atoms with van der Waals surface area (Å²) in [4.78, 5) is 10.3. The number of hydrogen-bond acceptors (Lipinski definition) is 3. The van der Waals surface area contributed by atoms with Crippen molar-refractivity contribution >= 4 is 17.7 Å². The minimum absolute atomic E-state index is 0.00671. The molecule has 0 saturated heterocycles. The normalized spacial score (nSPS) is 9.40. The van der Waals surface area contributed by atoms with E-state index in [0.29, 0.717) is 19.1 Å². The number of nitrogens with one attached hydrogen (secondary N) is 1. The summed E-state index contributed by atoms with van der Waals surface area (Å²) >= 11 is 1.63. The first kappa shape index (κ1) is 9.78. The van der Waals surface area contributed by atoms with E-state index >= 15 is 0 Å². The number of carbonyl (C=O) groups excluding carboxylic acids is 1. The quantitative estimate of drug-likeness (QED) is 0.472. The lowest BCUT2D eigenvalue weighted by Crippen LogP contribution is -2.24. The molecule has 0 unspecified atom stereocenters. The average Bonchev–Trinajstić information content (AvgIpc) is 1.87. The molecular weight excluding hydrogens is 150 g/mol. The van der Waals surface area contributed by atoms with Gasteiger partial charge in [0.25, 0.3) is 0 Å². The zero-order chi connectivity index (χ0) is 7.82. The van der Waals surface area contributed by atoms with Crippen LogP contribution in [0.4, 0.5) is 0 Å². The van der Waals surface area contributed by atoms with Gasteiger partial charge < -0.3 is 10.1 Å². The molecule has 60 valence electrons. The maximum absolute atomic E-state index is 10.3. The molecule has 0 saturated carbocycles. The number of amides is 1. The van der Waals surface area contributed by atoms with Crippen LogP contribution in [0.15, 0.2) is 0 Å². The zero-order valence-electron chi connectivity index (χ0n) is 6.35. The van der Waals surface area contributed by atoms with Crippen LogP contribution in [0.2, 0.25) is 0 Å². The third-order valence-corrected chi connectivity index (χ3v) is 1.22. The van der Waals surface area contributed by atoms with Gasteiger partial charge in [0.2, 0.25) is 5.91 Å². The van der Waals surface area contributed by atoms with Crippen LogP contribution in [-0.4, -0.2) is 31.3 Å². The van der Waals surface area contributed by atoms with E-state index in [-0.39, 0.29) is 5.91 Å². The maximum Gasteiger partial charge on any atom is 0.216 e. The van der Waals surface area contributed by atoms with Crippen LogP contribution in [0, 0.1) is 0 Å². The molecule has 0 aliphatic carbocycles. The highest BCUT2D eigenvalue weighted by atomic mass is 32.2. The molecular formula is C6H13NO2S. The van der Waals surface area contributed by atoms with Crippen molar-refractivity contribution in [3.05, 3.63) is 0 Å². The van der Waals surface area contributed by atoms with Gasteiger partial charge >= 0.3 is 0 Å². The Balaban J connectivity index is 2.84. The summed E-state index contributed by atoms with van der Waals surface area (Å²) in [6.07, 6.45) is 1.97. The molecule has 0 atom stereocenters. The molecule has 0 rings (SSSR count). The third kappa shape index (κ3) is 7.78. The fraction of sp³-hybridized carbons (Fsp3) is 0.833. The Bertz CT molecular complexity index is 97.7. The SMILES string of the molecule is CSCOCCNC(C)=O. The summed E-state index contributed by atoms with van der Waals surface area (Å²) in [5.41, 5.74) is 0. The smallest absolute Gasteiger partial charge is 0.216 e. The van der Waals surface area contributed by atoms with Crippen LogP contribution in [0.25, 0.3) is 0 Å². The lowest BCUT2D eigenvalue weighted by Gasteiger charge is -2.01. The first-order valence-corrected chi connectivity index (χ1v) is 4.48. The van der Waals surface area contributed by atoms with Crippen LogP contribution < -0.4 is 5.32 Å². The summed E-state index contributed by atoms with van der Waals surface area (Å²) < 4.78 is 5.08. The molecule has 0 heterocycles. The van der Waals surface area contributed by atoms with Gasteiger partial charge in [0.15, 0.2) is 0 Å². The molecule has 0 aromatic heterocycles. The summed E-state index contributed by atoms with van der Waals surface area (Å²) in [5, 5.41) is 2.63. The maximum atomic E-state index is 10.3. The monoisotopic (exact) mass is 163 g/mol. The molecule has 0 aromatic rings. The van der Waals surface area contributed by atoms with E-state index in [4.69, 9.17) is 4.74 Å². The predicted octanol–water partition coefficient (Wildman–Crippen LogP) is 0.460. The molecule has 4 heteroatoms. The van der Waals surface area contributed by atoms with Gasteiger partial charge in [0.1, 0.15) is 0 Å². The fourth-order valence-corrected chi connectivity index (χ4v) is 0.726. The molecule has 0 aliphatic rings. The van der Waals surface area contributed by atoms with E-state index in [1.54, 1.807) is 11.8 Å². The third-order valence-electron chi connectivity index (χ3n) is 0.822. The molecule has 0 spiro atoms. The standard InChI is InChI=1S/C6H13NO2S/c1-6(8)7-3-4-9-5-10-2/h3-5H2,1-2H3,(H,7,8). The van der Waals surface area contributed by atoms with Crippen molar-refractivity contribution in [2.75, 3.05) is 25.3 Å². The molecule has 0 bridgehead atoms. The molecule has 1 N–H and O–H groups in total. The van der Waals surface area contributed by atoms with Crippen molar-refractivity contribution in [2.45, 2.75) is 6.92 Å². The van der Waals surface area contributed by atoms with Gasteiger partial charge in [-0.05, 0) is 6.26 Å². The summed E-state index contributed by atoms with van der Waals surface area (Å²) in [6, 6.07) is 0. The van der Waals surface area contributed by atoms with Crippen molar-refractivity contribution in [3.8, 4) is 0 Å². The Hall–Kier alpha value is -0.220. The van der Waals surface area contributed by atoms with Crippen LogP contribution in [0.1, 0.15) is 6.92 Å². The number of ether oxygens (including phenoxy) is 1. The Labute approximate surface area is 65.5 Å². The summed E-state index contributed by atoms with van der Waals surface area (Å²) in [7, 11) is 0. The predicted molar refractivity (Wildman–Crippen MR) is 43.0 cm³/mol. The lowest BCUT2D eigenvalue weighted by molar-refractivity contribution is -0.119. The van der Waals surface area contributed by atoms with Crippen molar-refractivity contribution in [2.24, 2.45) is 0 Å². The van der Waals surface area contributed by atoms with Crippen molar-refractivity contribution in [1.82, 2.24) is 5.32 Å². The largest absolute Gasteiger partial charge is 0.369 e. The summed E-state index contributed by atoms with van der Waals surface area (Å²) in [6.45, 7) is 2.70. The highest BCUT2D eigenvalue weighted by Gasteiger charge is 1.88. The minimum Gasteiger partial charge on any atom is -0.369 e. The second kappa shape index (κ2) is 6.89. The van der Waals surface area contributed by atoms with E-state index in [0.717, 1.165) is 0 Å². The number of rotatable bonds is 5. The minimum atomic E-state index is -0.00671. The molecule has 1 amide bonds. The molecule has 0 aliphatic heterocycles. The van der Waals surface area contributed by atoms with Crippen molar-refractivity contribution in [1.29, 1.82) is 0 Å². The van der Waals surface area contributed by atoms with Crippen LogP contribution >= 0.6 is 11.8 Å². The van der Waals surface area contributed by atoms with E-state index in [2.05, 4.69) is 5.32 Å². The van der Waals surface area contributed by atoms with Crippen LogP contribution in [0.3, 0.4) is 0 Å². The van der Waals surface area contributed by atoms with Crippen LogP contribution in [-0.2, 0) is 9.53 Å². The second-order valence-electron chi connectivity index (χ2n) is 1.80. The van der Waals surface area contributed by atoms with Gasteiger partial charge in [-0.3, -0.25) is 4.79 Å². The van der Waals surface area contributed by atoms with E-state index in [1.807, 2.05) is 6.26 Å². The number of carbonyl (C=O) groups is 1. The van der Waals surface area contributed by atoms with Crippen molar-refractivity contribution in [3.63, 3.8) is 0 Å². The Morgan fingerprint density at radius 3 is 2.90 bits per heavy atom. The highest BCUT2D eigenvalue weighted by molar-refractivity contribution is 7.98. The Morgan fingerprint density at radius 1 is 1.70 bits per heavy atom. The van der Waals surface area contributed by atoms with E-state index in [9.17, 15) is 4.79 Å². The second-order valence-corrected chi connectivity index (χ2v) is 2.61. The number of thioether (sulfide) groups is 1. The van der Waals surface area contributed by atoms with Gasteiger partial charge in [-0.2, -0.15) is 0 Å². The number of hydrogen-bond donors (Lipinski definition) is 1. The van der Waals surface area contributed by atoms with Crippen LogP contribution in [0.5, 0.6) is 0 Å². The molecule has 10 heavy (non-hydrogen) atoms. The van der Waals surface area contributed by atoms with Gasteiger partial charge in [0.05, 0.1) is 12.5 Å². The summed E-state index contributed by atoms with van der Waals surface area (Å²) in [5.74, 6) is 0.687. The van der Waals surface area contributed by atoms with Gasteiger partial charge in [0, 0.05) is 13.5 Å². The average molecular weight is 163 g/mol. The van der Waals surface area contributed by atoms with Crippen molar-refractivity contribution < 1.29 is 9.53 Å². The van der Waals surface area contributed by atoms with Gasteiger partial charge in [-0.1, -0.05) is 0 Å². The fourth-order valence-electron chi connectivity index (χ4n) is 0.441. The first-order chi connectivity index (χ1) is 4.77. The van der Waals surface area contributed by atoms with Gasteiger partial charge in [-0.25, -0.2) is 0 Å². The van der Waals surface area contributed by atoms with E-state index in [1.165, 1.54) is 6.92 Å². The van der Waals surface area contributed by atoms with E-state index < -0.39 is 0 Å². The Kier molecular flexibility index (Phi) is 6.74.